The summed E-state index contributed by atoms with van der Waals surface area (Å²) >= 11 is 0. The Bertz CT molecular complexity index is 3950. The normalized spacial score (nSPS) is 11.1. The third-order valence-electron chi connectivity index (χ3n) is 14.4. The van der Waals surface area contributed by atoms with E-state index < -0.39 is 0 Å². The molecular formula is C72H52N2. The highest BCUT2D eigenvalue weighted by Gasteiger charge is 2.31. The van der Waals surface area contributed by atoms with Crippen molar-refractivity contribution in [1.29, 1.82) is 0 Å². The predicted molar refractivity (Wildman–Crippen MR) is 315 cm³/mol. The first kappa shape index (κ1) is 45.4. The molecule has 0 aliphatic heterocycles. The van der Waals surface area contributed by atoms with Gasteiger partial charge in [0, 0.05) is 22.3 Å². The quantitative estimate of drug-likeness (QED) is 0.127. The van der Waals surface area contributed by atoms with Gasteiger partial charge in [0.25, 0.3) is 0 Å². The lowest BCUT2D eigenvalue weighted by Gasteiger charge is -2.29. The van der Waals surface area contributed by atoms with E-state index in [9.17, 15) is 0 Å². The third-order valence-corrected chi connectivity index (χ3v) is 14.4. The maximum Gasteiger partial charge on any atom is 0.0640 e. The van der Waals surface area contributed by atoms with E-state index in [0.29, 0.717) is 11.4 Å². The van der Waals surface area contributed by atoms with Crippen LogP contribution >= 0.6 is 0 Å². The molecule has 12 aromatic carbocycles. The van der Waals surface area contributed by atoms with E-state index in [1.807, 2.05) is 0 Å². The summed E-state index contributed by atoms with van der Waals surface area (Å²) in [6, 6.07) is 104. The number of benzene rings is 12. The van der Waals surface area contributed by atoms with Crippen molar-refractivity contribution in [3.63, 3.8) is 0 Å². The molecule has 0 aromatic heterocycles. The highest BCUT2D eigenvalue weighted by atomic mass is 14.7. The molecule has 0 unspecified atom stereocenters. The Kier molecular flexibility index (Phi) is 12.4. The molecule has 0 heterocycles. The lowest BCUT2D eigenvalue weighted by molar-refractivity contribution is 1.51. The van der Waals surface area contributed by atoms with Crippen LogP contribution in [0.5, 0.6) is 0 Å². The van der Waals surface area contributed by atoms with Crippen molar-refractivity contribution in [2.24, 2.45) is 0 Å². The van der Waals surface area contributed by atoms with Gasteiger partial charge < -0.3 is 11.5 Å². The van der Waals surface area contributed by atoms with Gasteiger partial charge in [-0.1, -0.05) is 291 Å². The molecule has 0 aliphatic rings. The van der Waals surface area contributed by atoms with Gasteiger partial charge in [0.15, 0.2) is 0 Å². The first-order valence-corrected chi connectivity index (χ1v) is 25.3. The summed E-state index contributed by atoms with van der Waals surface area (Å²) in [7, 11) is 0. The number of anilines is 2. The first-order valence-electron chi connectivity index (χ1n) is 25.3. The second-order valence-electron chi connectivity index (χ2n) is 18.6. The van der Waals surface area contributed by atoms with E-state index in [-0.39, 0.29) is 0 Å². The fourth-order valence-electron chi connectivity index (χ4n) is 11.0. The molecular weight excluding hydrogens is 893 g/mol. The van der Waals surface area contributed by atoms with Crippen LogP contribution in [0.15, 0.2) is 291 Å². The first-order chi connectivity index (χ1) is 36.6. The van der Waals surface area contributed by atoms with Gasteiger partial charge in [0.1, 0.15) is 0 Å². The van der Waals surface area contributed by atoms with E-state index >= 15 is 0 Å². The second-order valence-corrected chi connectivity index (χ2v) is 18.6. The maximum atomic E-state index is 7.98. The summed E-state index contributed by atoms with van der Waals surface area (Å²) < 4.78 is 0. The monoisotopic (exact) mass is 944 g/mol. The van der Waals surface area contributed by atoms with Gasteiger partial charge in [-0.15, -0.1) is 0 Å². The predicted octanol–water partition coefficient (Wildman–Crippen LogP) is 19.2. The van der Waals surface area contributed by atoms with Crippen molar-refractivity contribution in [2.45, 2.75) is 0 Å². The van der Waals surface area contributed by atoms with E-state index in [1.54, 1.807) is 0 Å². The molecule has 0 atom stereocenters. The Morgan fingerprint density at radius 3 is 0.527 bits per heavy atom. The number of nitrogen functional groups attached to an aromatic ring is 2. The van der Waals surface area contributed by atoms with Gasteiger partial charge in [-0.3, -0.25) is 0 Å². The largest absolute Gasteiger partial charge is 0.397 e. The molecule has 0 radical (unpaired) electrons. The molecule has 0 fully saturated rings. The van der Waals surface area contributed by atoms with Gasteiger partial charge in [-0.2, -0.15) is 0 Å². The number of nitrogens with two attached hydrogens (primary N) is 2. The summed E-state index contributed by atoms with van der Waals surface area (Å²) in [5.41, 5.74) is 40.2. The minimum atomic E-state index is 0.512. The third kappa shape index (κ3) is 8.35. The lowest BCUT2D eigenvalue weighted by Crippen LogP contribution is -2.07. The SMILES string of the molecule is Nc1c(N)c(-c2ccccc2-c2ccccc2-c2ccccc2)c(-c2ccccc2-c2ccccc2-c2ccccc2)c(-c2ccccc2-c2ccccc2)c1-c1ccccc1-c1ccccc1-c1ccccc1. The maximum absolute atomic E-state index is 7.98. The molecule has 2 nitrogen and oxygen atoms in total. The van der Waals surface area contributed by atoms with Crippen molar-refractivity contribution >= 4 is 11.4 Å². The molecule has 0 saturated carbocycles. The van der Waals surface area contributed by atoms with Gasteiger partial charge in [-0.05, 0) is 100 Å². The molecule has 0 spiro atoms. The van der Waals surface area contributed by atoms with Gasteiger partial charge in [-0.25, -0.2) is 0 Å². The molecule has 12 rings (SSSR count). The van der Waals surface area contributed by atoms with Crippen molar-refractivity contribution in [2.75, 3.05) is 11.5 Å². The number of rotatable bonds is 11. The summed E-state index contributed by atoms with van der Waals surface area (Å²) in [5, 5.41) is 0. The van der Waals surface area contributed by atoms with Crippen LogP contribution in [0.3, 0.4) is 0 Å². The van der Waals surface area contributed by atoms with E-state index in [4.69, 9.17) is 11.5 Å². The molecule has 12 aromatic rings. The minimum absolute atomic E-state index is 0.512. The zero-order chi connectivity index (χ0) is 49.8. The lowest BCUT2D eigenvalue weighted by atomic mass is 9.75. The highest BCUT2D eigenvalue weighted by Crippen LogP contribution is 2.58. The number of hydrogen-bond acceptors (Lipinski definition) is 2. The van der Waals surface area contributed by atoms with Gasteiger partial charge >= 0.3 is 0 Å². The molecule has 2 heteroatoms. The van der Waals surface area contributed by atoms with Gasteiger partial charge in [0.05, 0.1) is 11.4 Å². The summed E-state index contributed by atoms with van der Waals surface area (Å²) in [5.74, 6) is 0. The average Bonchev–Trinajstić information content (AvgIpc) is 3.49. The van der Waals surface area contributed by atoms with Crippen LogP contribution in [-0.2, 0) is 0 Å². The van der Waals surface area contributed by atoms with Crippen molar-refractivity contribution in [3.05, 3.63) is 291 Å². The summed E-state index contributed by atoms with van der Waals surface area (Å²) in [6.45, 7) is 0. The molecule has 0 amide bonds. The Labute approximate surface area is 434 Å². The Hall–Kier alpha value is -9.76. The zero-order valence-electron chi connectivity index (χ0n) is 40.9. The fraction of sp³-hybridized carbons (Fsp3) is 0. The molecule has 4 N–H and O–H groups in total. The molecule has 0 bridgehead atoms. The summed E-state index contributed by atoms with van der Waals surface area (Å²) in [6.07, 6.45) is 0. The van der Waals surface area contributed by atoms with Crippen molar-refractivity contribution in [3.8, 4) is 122 Å². The Morgan fingerprint density at radius 2 is 0.284 bits per heavy atom. The van der Waals surface area contributed by atoms with Crippen molar-refractivity contribution in [1.82, 2.24) is 0 Å². The zero-order valence-corrected chi connectivity index (χ0v) is 40.9. The van der Waals surface area contributed by atoms with E-state index in [0.717, 1.165) is 122 Å². The van der Waals surface area contributed by atoms with Gasteiger partial charge in [0.2, 0.25) is 0 Å². The van der Waals surface area contributed by atoms with Crippen LogP contribution in [0.25, 0.3) is 122 Å². The van der Waals surface area contributed by atoms with E-state index in [2.05, 4.69) is 291 Å². The highest BCUT2D eigenvalue weighted by molar-refractivity contribution is 6.18. The van der Waals surface area contributed by atoms with E-state index in [1.165, 1.54) is 0 Å². The van der Waals surface area contributed by atoms with Crippen LogP contribution in [0, 0.1) is 0 Å². The average molecular weight is 945 g/mol. The van der Waals surface area contributed by atoms with Crippen molar-refractivity contribution < 1.29 is 0 Å². The standard InChI is InChI=1S/C72H52N2/c73-71-69(65-47-25-21-43-61(65)58-40-18-14-36-54(58)50-29-7-2-8-30-50)67(63-45-23-16-38-56(63)52-33-11-4-12-34-52)68(64-46-24-20-42-60(64)57-39-17-13-35-53(57)49-27-5-1-6-28-49)70(72(71)74)66-48-26-22-44-62(66)59-41-19-15-37-55(59)51-31-9-3-10-32-51/h1-48H,73-74H2. The molecule has 0 saturated heterocycles. The second kappa shape index (κ2) is 20.2. The van der Waals surface area contributed by atoms with Crippen LogP contribution < -0.4 is 11.5 Å². The summed E-state index contributed by atoms with van der Waals surface area (Å²) in [4.78, 5) is 0. The fourth-order valence-corrected chi connectivity index (χ4v) is 11.0. The molecule has 350 valence electrons. The Morgan fingerprint density at radius 1 is 0.135 bits per heavy atom. The van der Waals surface area contributed by atoms with Crippen LogP contribution in [0.2, 0.25) is 0 Å². The van der Waals surface area contributed by atoms with Crippen LogP contribution in [-0.4, -0.2) is 0 Å². The number of hydrogen-bond donors (Lipinski definition) is 2. The minimum Gasteiger partial charge on any atom is -0.397 e. The topological polar surface area (TPSA) is 52.0 Å². The van der Waals surface area contributed by atoms with Crippen LogP contribution in [0.1, 0.15) is 0 Å². The Balaban J connectivity index is 1.27. The van der Waals surface area contributed by atoms with Crippen LogP contribution in [0.4, 0.5) is 11.4 Å². The molecule has 0 aliphatic carbocycles. The smallest absolute Gasteiger partial charge is 0.0640 e. The molecule has 74 heavy (non-hydrogen) atoms.